The predicted octanol–water partition coefficient (Wildman–Crippen LogP) is 0.718. The van der Waals surface area contributed by atoms with Crippen molar-refractivity contribution >= 4 is 16.9 Å². The third kappa shape index (κ3) is 1.56. The van der Waals surface area contributed by atoms with Gasteiger partial charge in [-0.25, -0.2) is 9.18 Å². The summed E-state index contributed by atoms with van der Waals surface area (Å²) in [5, 5.41) is 18.4. The molecule has 0 bridgehead atoms. The fraction of sp³-hybridized carbons (Fsp3) is 0.0909. The first-order valence-corrected chi connectivity index (χ1v) is 4.95. The zero-order valence-electron chi connectivity index (χ0n) is 9.27. The third-order valence-corrected chi connectivity index (χ3v) is 2.56. The molecule has 1 heterocycles. The number of hydrogen-bond donors (Lipinski definition) is 3. The lowest BCUT2D eigenvalue weighted by Crippen LogP contribution is -2.22. The van der Waals surface area contributed by atoms with Crippen LogP contribution in [0.15, 0.2) is 23.1 Å². The van der Waals surface area contributed by atoms with Crippen LogP contribution < -0.4 is 10.9 Å². The largest absolute Gasteiger partial charge is 0.503 e. The van der Waals surface area contributed by atoms with Crippen LogP contribution in [0.4, 0.5) is 4.39 Å². The van der Waals surface area contributed by atoms with Crippen molar-refractivity contribution in [1.82, 2.24) is 4.68 Å². The summed E-state index contributed by atoms with van der Waals surface area (Å²) in [7, 11) is 1.44. The normalized spacial score (nSPS) is 10.6. The van der Waals surface area contributed by atoms with Crippen molar-refractivity contribution in [3.05, 3.63) is 39.9 Å². The molecular weight excluding hydrogens is 243 g/mol. The number of carboxylic acid groups (broad SMARTS) is 1. The van der Waals surface area contributed by atoms with Crippen LogP contribution in [0.2, 0.25) is 0 Å². The van der Waals surface area contributed by atoms with E-state index in [2.05, 4.69) is 5.43 Å². The molecule has 0 amide bonds. The van der Waals surface area contributed by atoms with Gasteiger partial charge in [0.25, 0.3) is 0 Å². The van der Waals surface area contributed by atoms with Crippen molar-refractivity contribution < 1.29 is 19.4 Å². The van der Waals surface area contributed by atoms with E-state index in [1.807, 2.05) is 0 Å². The van der Waals surface area contributed by atoms with Gasteiger partial charge in [-0.3, -0.25) is 9.47 Å². The van der Waals surface area contributed by atoms with Gasteiger partial charge < -0.3 is 15.6 Å². The molecule has 0 spiro atoms. The number of nitrogens with zero attached hydrogens (tertiary/aromatic N) is 1. The van der Waals surface area contributed by atoms with Gasteiger partial charge in [-0.15, -0.1) is 0 Å². The Labute approximate surface area is 99.9 Å². The molecule has 0 aliphatic rings. The minimum absolute atomic E-state index is 0.0804. The molecule has 2 aromatic rings. The van der Waals surface area contributed by atoms with E-state index in [0.717, 1.165) is 23.0 Å². The molecule has 2 rings (SSSR count). The van der Waals surface area contributed by atoms with Crippen molar-refractivity contribution in [2.45, 2.75) is 0 Å². The highest BCUT2D eigenvalue weighted by Gasteiger charge is 2.18. The summed E-state index contributed by atoms with van der Waals surface area (Å²) in [6, 6.07) is 2.04. The summed E-state index contributed by atoms with van der Waals surface area (Å²) in [5.74, 6) is -3.00. The molecule has 1 aromatic heterocycles. The van der Waals surface area contributed by atoms with Gasteiger partial charge in [-0.2, -0.15) is 0 Å². The highest BCUT2D eigenvalue weighted by atomic mass is 19.1. The standard InChI is InChI=1S/C11H9FN2O4/c1-13-14-4-6(11(17)18)9(15)5-2-3-7(12)10(16)8(5)14/h2-4,13,16H,1H3,(H,17,18). The SMILES string of the molecule is CNn1cc(C(=O)O)c(=O)c2ccc(F)c(O)c21. The molecule has 6 nitrogen and oxygen atoms in total. The van der Waals surface area contributed by atoms with E-state index in [0.29, 0.717) is 0 Å². The van der Waals surface area contributed by atoms with E-state index < -0.39 is 28.5 Å². The Morgan fingerprint density at radius 2 is 2.11 bits per heavy atom. The molecule has 7 heteroatoms. The molecule has 0 saturated heterocycles. The molecule has 3 N–H and O–H groups in total. The average molecular weight is 252 g/mol. The lowest BCUT2D eigenvalue weighted by atomic mass is 10.1. The number of halogens is 1. The quantitative estimate of drug-likeness (QED) is 0.732. The van der Waals surface area contributed by atoms with Gasteiger partial charge in [0.1, 0.15) is 11.1 Å². The first-order chi connectivity index (χ1) is 8.47. The fourth-order valence-electron chi connectivity index (χ4n) is 1.71. The highest BCUT2D eigenvalue weighted by molar-refractivity contribution is 5.94. The number of fused-ring (bicyclic) bond motifs is 1. The van der Waals surface area contributed by atoms with E-state index in [4.69, 9.17) is 5.11 Å². The summed E-state index contributed by atoms with van der Waals surface area (Å²) in [4.78, 5) is 22.8. The van der Waals surface area contributed by atoms with E-state index in [1.54, 1.807) is 0 Å². The van der Waals surface area contributed by atoms with E-state index in [1.165, 1.54) is 7.05 Å². The summed E-state index contributed by atoms with van der Waals surface area (Å²) in [6.45, 7) is 0. The Kier molecular flexibility index (Phi) is 2.66. The van der Waals surface area contributed by atoms with Crippen LogP contribution in [0.5, 0.6) is 5.75 Å². The molecule has 0 atom stereocenters. The van der Waals surface area contributed by atoms with Crippen molar-refractivity contribution in [1.29, 1.82) is 0 Å². The monoisotopic (exact) mass is 252 g/mol. The molecule has 0 radical (unpaired) electrons. The summed E-state index contributed by atoms with van der Waals surface area (Å²) < 4.78 is 14.3. The molecule has 0 saturated carbocycles. The summed E-state index contributed by atoms with van der Waals surface area (Å²) >= 11 is 0. The highest BCUT2D eigenvalue weighted by Crippen LogP contribution is 2.25. The number of phenols is 1. The van der Waals surface area contributed by atoms with Crippen LogP contribution in [-0.2, 0) is 0 Å². The van der Waals surface area contributed by atoms with Gasteiger partial charge in [0, 0.05) is 13.2 Å². The van der Waals surface area contributed by atoms with Gasteiger partial charge >= 0.3 is 5.97 Å². The molecule has 0 aliphatic carbocycles. The van der Waals surface area contributed by atoms with E-state index in [9.17, 15) is 19.1 Å². The molecule has 0 aliphatic heterocycles. The first-order valence-electron chi connectivity index (χ1n) is 4.95. The molecule has 0 unspecified atom stereocenters. The van der Waals surface area contributed by atoms with E-state index >= 15 is 0 Å². The summed E-state index contributed by atoms with van der Waals surface area (Å²) in [6.07, 6.45) is 0.992. The Balaban J connectivity index is 3.03. The molecular formula is C11H9FN2O4. The molecule has 94 valence electrons. The van der Waals surface area contributed by atoms with E-state index in [-0.39, 0.29) is 10.9 Å². The van der Waals surface area contributed by atoms with Gasteiger partial charge in [0.15, 0.2) is 11.6 Å². The van der Waals surface area contributed by atoms with Crippen molar-refractivity contribution in [2.75, 3.05) is 12.5 Å². The third-order valence-electron chi connectivity index (χ3n) is 2.56. The maximum atomic E-state index is 13.2. The van der Waals surface area contributed by atoms with Crippen LogP contribution >= 0.6 is 0 Å². The second kappa shape index (κ2) is 4.02. The number of aromatic carboxylic acids is 1. The van der Waals surface area contributed by atoms with Crippen molar-refractivity contribution in [2.24, 2.45) is 0 Å². The van der Waals surface area contributed by atoms with Gasteiger partial charge in [-0.05, 0) is 12.1 Å². The topological polar surface area (TPSA) is 91.6 Å². The van der Waals surface area contributed by atoms with Crippen LogP contribution in [-0.4, -0.2) is 27.9 Å². The zero-order valence-corrected chi connectivity index (χ0v) is 9.27. The minimum Gasteiger partial charge on any atom is -0.503 e. The number of phenolic OH excluding ortho intramolecular Hbond substituents is 1. The van der Waals surface area contributed by atoms with Gasteiger partial charge in [-0.1, -0.05) is 0 Å². The smallest absolute Gasteiger partial charge is 0.341 e. The number of rotatable bonds is 2. The van der Waals surface area contributed by atoms with Crippen LogP contribution in [0.3, 0.4) is 0 Å². The zero-order chi connectivity index (χ0) is 13.4. The lowest BCUT2D eigenvalue weighted by molar-refractivity contribution is 0.0695. The maximum absolute atomic E-state index is 13.2. The Bertz CT molecular complexity index is 708. The number of carboxylic acids is 1. The lowest BCUT2D eigenvalue weighted by Gasteiger charge is -2.12. The molecule has 18 heavy (non-hydrogen) atoms. The molecule has 1 aromatic carbocycles. The Morgan fingerprint density at radius 3 is 2.67 bits per heavy atom. The second-order valence-corrected chi connectivity index (χ2v) is 3.56. The first kappa shape index (κ1) is 11.9. The number of benzene rings is 1. The second-order valence-electron chi connectivity index (χ2n) is 3.56. The summed E-state index contributed by atoms with van der Waals surface area (Å²) in [5.41, 5.74) is 1.20. The van der Waals surface area contributed by atoms with Gasteiger partial charge in [0.05, 0.1) is 5.39 Å². The van der Waals surface area contributed by atoms with Crippen LogP contribution in [0, 0.1) is 5.82 Å². The number of aromatic nitrogens is 1. The van der Waals surface area contributed by atoms with Crippen molar-refractivity contribution in [3.63, 3.8) is 0 Å². The minimum atomic E-state index is -1.39. The molecule has 0 fully saturated rings. The maximum Gasteiger partial charge on any atom is 0.341 e. The fourth-order valence-corrected chi connectivity index (χ4v) is 1.71. The van der Waals surface area contributed by atoms with Crippen LogP contribution in [0.25, 0.3) is 10.9 Å². The number of aromatic hydroxyl groups is 1. The van der Waals surface area contributed by atoms with Crippen molar-refractivity contribution in [3.8, 4) is 5.75 Å². The van der Waals surface area contributed by atoms with Gasteiger partial charge in [0.2, 0.25) is 5.43 Å². The number of nitrogens with one attached hydrogen (secondary N) is 1. The average Bonchev–Trinajstić information content (AvgIpc) is 2.34. The number of carbonyl (C=O) groups is 1. The Morgan fingerprint density at radius 1 is 1.44 bits per heavy atom. The van der Waals surface area contributed by atoms with Crippen LogP contribution in [0.1, 0.15) is 10.4 Å². The number of pyridine rings is 1. The number of hydrogen-bond acceptors (Lipinski definition) is 4. The predicted molar refractivity (Wildman–Crippen MR) is 62.1 cm³/mol. The Hall–Kier alpha value is -2.57.